The minimum absolute atomic E-state index is 0.0157. The molecule has 1 unspecified atom stereocenters. The van der Waals surface area contributed by atoms with Gasteiger partial charge in [-0.2, -0.15) is 4.72 Å². The normalized spacial score (nSPS) is 22.0. The summed E-state index contributed by atoms with van der Waals surface area (Å²) in [5, 5.41) is 27.2. The molecule has 33 heavy (non-hydrogen) atoms. The first-order valence-electron chi connectivity index (χ1n) is 10.7. The lowest BCUT2D eigenvalue weighted by Gasteiger charge is -2.16. The van der Waals surface area contributed by atoms with Crippen LogP contribution >= 0.6 is 0 Å². The number of nitrogens with zero attached hydrogens (tertiary/aromatic N) is 1. The van der Waals surface area contributed by atoms with Crippen LogP contribution in [0.1, 0.15) is 29.6 Å². The molecule has 2 atom stereocenters. The Morgan fingerprint density at radius 2 is 2.03 bits per heavy atom. The highest BCUT2D eigenvalue weighted by Crippen LogP contribution is 2.37. The lowest BCUT2D eigenvalue weighted by Crippen LogP contribution is -2.50. The van der Waals surface area contributed by atoms with E-state index in [2.05, 4.69) is 25.7 Å². The molecule has 0 bridgehead atoms. The van der Waals surface area contributed by atoms with Gasteiger partial charge in [0.25, 0.3) is 5.91 Å². The van der Waals surface area contributed by atoms with Crippen LogP contribution in [0.5, 0.6) is 5.75 Å². The van der Waals surface area contributed by atoms with E-state index < -0.39 is 39.2 Å². The maximum atomic E-state index is 12.5. The highest BCUT2D eigenvalue weighted by Gasteiger charge is 2.63. The molecular weight excluding hydrogens is 454 g/mol. The van der Waals surface area contributed by atoms with Crippen molar-refractivity contribution in [3.8, 4) is 5.75 Å². The molecule has 2 aliphatic rings. The van der Waals surface area contributed by atoms with Crippen LogP contribution in [0.3, 0.4) is 0 Å². The Morgan fingerprint density at radius 1 is 1.27 bits per heavy atom. The van der Waals surface area contributed by atoms with Crippen molar-refractivity contribution in [2.24, 2.45) is 4.99 Å². The number of amides is 1. The highest BCUT2D eigenvalue weighted by atomic mass is 32.2. The minimum atomic E-state index is -3.92. The molecule has 1 aromatic carbocycles. The second kappa shape index (κ2) is 10.8. The van der Waals surface area contributed by atoms with Crippen molar-refractivity contribution in [2.75, 3.05) is 38.6 Å². The minimum Gasteiger partial charge on any atom is -0.492 e. The summed E-state index contributed by atoms with van der Waals surface area (Å²) >= 11 is 0. The molecule has 1 heterocycles. The number of carbonyl (C=O) groups excluding carboxylic acids is 1. The van der Waals surface area contributed by atoms with Crippen molar-refractivity contribution < 1.29 is 33.0 Å². The molecule has 1 amide bonds. The van der Waals surface area contributed by atoms with Crippen molar-refractivity contribution in [2.45, 2.75) is 30.8 Å². The molecule has 1 aliphatic heterocycles. The first-order chi connectivity index (χ1) is 15.8. The van der Waals surface area contributed by atoms with Gasteiger partial charge < -0.3 is 30.9 Å². The first kappa shape index (κ1) is 24.7. The Hall–Kier alpha value is -2.90. The van der Waals surface area contributed by atoms with Gasteiger partial charge in [0.1, 0.15) is 12.4 Å². The Kier molecular flexibility index (Phi) is 8.10. The number of nitrogens with one attached hydrogen (secondary N) is 4. The smallest absolute Gasteiger partial charge is 0.327 e. The molecule has 0 radical (unpaired) electrons. The third-order valence-corrected chi connectivity index (χ3v) is 6.73. The number of sulfonamides is 1. The maximum absolute atomic E-state index is 12.5. The van der Waals surface area contributed by atoms with Gasteiger partial charge in [0.05, 0.1) is 18.3 Å². The van der Waals surface area contributed by atoms with Crippen molar-refractivity contribution in [3.63, 3.8) is 0 Å². The highest BCUT2D eigenvalue weighted by molar-refractivity contribution is 7.89. The maximum Gasteiger partial charge on any atom is 0.327 e. The molecule has 182 valence electrons. The zero-order valence-electron chi connectivity index (χ0n) is 18.0. The van der Waals surface area contributed by atoms with Crippen LogP contribution in [-0.4, -0.2) is 86.6 Å². The number of rotatable bonds is 12. The van der Waals surface area contributed by atoms with Crippen LogP contribution in [0.2, 0.25) is 0 Å². The fraction of sp³-hybridized carbons (Fsp3) is 0.550. The summed E-state index contributed by atoms with van der Waals surface area (Å²) in [5.74, 6) is -0.972. The number of ether oxygens (including phenoxy) is 1. The molecule has 12 nitrogen and oxygen atoms in total. The van der Waals surface area contributed by atoms with Gasteiger partial charge in [-0.15, -0.1) is 0 Å². The molecule has 1 saturated carbocycles. The molecule has 13 heteroatoms. The second-order valence-electron chi connectivity index (χ2n) is 7.82. The number of aliphatic imine (C=N–C) groups is 1. The van der Waals surface area contributed by atoms with Crippen molar-refractivity contribution >= 4 is 27.9 Å². The Labute approximate surface area is 191 Å². The molecular formula is C20H29N5O7S. The summed E-state index contributed by atoms with van der Waals surface area (Å²) in [6.45, 7) is 2.31. The Morgan fingerprint density at radius 3 is 2.67 bits per heavy atom. The lowest BCUT2D eigenvalue weighted by atomic mass is 10.2. The summed E-state index contributed by atoms with van der Waals surface area (Å²) in [4.78, 5) is 28.5. The number of guanidine groups is 1. The van der Waals surface area contributed by atoms with E-state index in [0.29, 0.717) is 18.9 Å². The van der Waals surface area contributed by atoms with E-state index in [1.807, 2.05) is 0 Å². The third kappa shape index (κ3) is 6.79. The summed E-state index contributed by atoms with van der Waals surface area (Å²) in [5.41, 5.74) is -1.49. The number of carboxylic acid groups (broad SMARTS) is 1. The van der Waals surface area contributed by atoms with E-state index in [4.69, 9.17) is 9.84 Å². The number of hydrogen-bond donors (Lipinski definition) is 6. The largest absolute Gasteiger partial charge is 0.492 e. The molecule has 1 aliphatic carbocycles. The molecule has 3 rings (SSSR count). The van der Waals surface area contributed by atoms with Gasteiger partial charge in [-0.1, -0.05) is 0 Å². The standard InChI is InChI=1S/C20H29N5O7S/c26-10-2-12-33(30,31)25-20(18(28)29)13-16(20)24-17(27)14-3-5-15(6-4-14)32-11-9-23-19-21-7-1-8-22-19/h3-6,16,25-26H,1-2,7-13H2,(H,24,27)(H,28,29)(H2,21,22,23)/t16-,20?/m1/s1. The number of hydrogen-bond acceptors (Lipinski definition) is 9. The van der Waals surface area contributed by atoms with E-state index >= 15 is 0 Å². The zero-order valence-corrected chi connectivity index (χ0v) is 18.9. The fourth-order valence-corrected chi connectivity index (χ4v) is 4.83. The monoisotopic (exact) mass is 483 g/mol. The molecule has 1 fully saturated rings. The van der Waals surface area contributed by atoms with Crippen LogP contribution in [0.25, 0.3) is 0 Å². The topological polar surface area (TPSA) is 178 Å². The van der Waals surface area contributed by atoms with Gasteiger partial charge in [-0.25, -0.2) is 8.42 Å². The van der Waals surface area contributed by atoms with Crippen LogP contribution in [0.15, 0.2) is 29.3 Å². The third-order valence-electron chi connectivity index (χ3n) is 5.23. The van der Waals surface area contributed by atoms with E-state index in [1.165, 1.54) is 0 Å². The van der Waals surface area contributed by atoms with Crippen LogP contribution < -0.4 is 25.4 Å². The van der Waals surface area contributed by atoms with E-state index in [-0.39, 0.29) is 25.0 Å². The van der Waals surface area contributed by atoms with Crippen molar-refractivity contribution in [1.29, 1.82) is 0 Å². The van der Waals surface area contributed by atoms with Crippen molar-refractivity contribution in [1.82, 2.24) is 20.7 Å². The first-order valence-corrected chi connectivity index (χ1v) is 12.3. The number of carboxylic acids is 1. The van der Waals surface area contributed by atoms with Gasteiger partial charge in [0.2, 0.25) is 10.0 Å². The van der Waals surface area contributed by atoms with Gasteiger partial charge in [0.15, 0.2) is 11.5 Å². The second-order valence-corrected chi connectivity index (χ2v) is 9.66. The molecule has 6 N–H and O–H groups in total. The van der Waals surface area contributed by atoms with Gasteiger partial charge in [-0.05, 0) is 37.1 Å². The number of carbonyl (C=O) groups is 2. The predicted molar refractivity (Wildman–Crippen MR) is 120 cm³/mol. The van der Waals surface area contributed by atoms with Crippen LogP contribution in [0.4, 0.5) is 0 Å². The predicted octanol–water partition coefficient (Wildman–Crippen LogP) is -1.37. The summed E-state index contributed by atoms with van der Waals surface area (Å²) in [6.07, 6.45) is 0.929. The fourth-order valence-electron chi connectivity index (χ4n) is 3.35. The molecule has 0 saturated heterocycles. The summed E-state index contributed by atoms with van der Waals surface area (Å²) < 4.78 is 31.9. The van der Waals surface area contributed by atoms with Gasteiger partial charge >= 0.3 is 5.97 Å². The summed E-state index contributed by atoms with van der Waals surface area (Å²) in [6, 6.07) is 5.45. The van der Waals surface area contributed by atoms with Crippen LogP contribution in [-0.2, 0) is 14.8 Å². The van der Waals surface area contributed by atoms with Crippen molar-refractivity contribution in [3.05, 3.63) is 29.8 Å². The van der Waals surface area contributed by atoms with Crippen LogP contribution in [0, 0.1) is 0 Å². The number of benzene rings is 1. The average molecular weight is 484 g/mol. The quantitative estimate of drug-likeness (QED) is 0.196. The lowest BCUT2D eigenvalue weighted by molar-refractivity contribution is -0.140. The zero-order chi connectivity index (χ0) is 23.9. The average Bonchev–Trinajstić information content (AvgIpc) is 3.48. The number of aliphatic carboxylic acids is 1. The van der Waals surface area contributed by atoms with E-state index in [1.54, 1.807) is 24.3 Å². The van der Waals surface area contributed by atoms with Gasteiger partial charge in [0, 0.05) is 31.7 Å². The Bertz CT molecular complexity index is 983. The summed E-state index contributed by atoms with van der Waals surface area (Å²) in [7, 11) is -3.92. The SMILES string of the molecule is O=C(N[C@@H]1CC1(NS(=O)(=O)CCCO)C(=O)O)c1ccc(OCCNC2=NCCCN2)cc1. The van der Waals surface area contributed by atoms with E-state index in [0.717, 1.165) is 25.5 Å². The van der Waals surface area contributed by atoms with E-state index in [9.17, 15) is 23.1 Å². The molecule has 1 aromatic rings. The Balaban J connectivity index is 1.48. The number of aliphatic hydroxyl groups excluding tert-OH is 1. The number of aliphatic hydroxyl groups is 1. The molecule has 0 spiro atoms. The molecule has 0 aromatic heterocycles. The van der Waals surface area contributed by atoms with Gasteiger partial charge in [-0.3, -0.25) is 14.6 Å².